The van der Waals surface area contributed by atoms with Crippen LogP contribution in [-0.2, 0) is 0 Å². The summed E-state index contributed by atoms with van der Waals surface area (Å²) in [6.07, 6.45) is 4.14. The van der Waals surface area contributed by atoms with E-state index in [1.165, 1.54) is 6.42 Å². The summed E-state index contributed by atoms with van der Waals surface area (Å²) in [6.45, 7) is 0.908. The number of aromatic amines is 1. The molecule has 0 amide bonds. The molecule has 5 rings (SSSR count). The van der Waals surface area contributed by atoms with Crippen LogP contribution in [-0.4, -0.2) is 28.3 Å². The minimum atomic E-state index is -0.135. The summed E-state index contributed by atoms with van der Waals surface area (Å²) < 4.78 is 6.92. The van der Waals surface area contributed by atoms with Gasteiger partial charge in [-0.05, 0) is 49.1 Å². The molecule has 2 aliphatic heterocycles. The van der Waals surface area contributed by atoms with Gasteiger partial charge in [-0.15, -0.1) is 0 Å². The Morgan fingerprint density at radius 3 is 2.59 bits per heavy atom. The SMILES string of the molecule is COc1ccc([C@@H]2N=c3[nH]n(-c4ccccc4)c(=O)c3=C3CCCCCN32)cc1. The second kappa shape index (κ2) is 7.28. The van der Waals surface area contributed by atoms with Gasteiger partial charge in [0, 0.05) is 12.2 Å². The van der Waals surface area contributed by atoms with Crippen molar-refractivity contribution in [3.63, 3.8) is 0 Å². The lowest BCUT2D eigenvalue weighted by Crippen LogP contribution is -2.46. The summed E-state index contributed by atoms with van der Waals surface area (Å²) in [5, 5.41) is 3.98. The molecule has 2 aliphatic rings. The van der Waals surface area contributed by atoms with Gasteiger partial charge in [-0.25, -0.2) is 9.67 Å². The number of rotatable bonds is 3. The molecule has 1 fully saturated rings. The molecular formula is C23H24N4O2. The van der Waals surface area contributed by atoms with Crippen LogP contribution in [0.3, 0.4) is 0 Å². The van der Waals surface area contributed by atoms with E-state index in [1.807, 2.05) is 42.5 Å². The number of aromatic nitrogens is 2. The minimum absolute atomic E-state index is 0.0231. The Bertz CT molecular complexity index is 1190. The van der Waals surface area contributed by atoms with E-state index in [9.17, 15) is 4.79 Å². The maximum atomic E-state index is 13.3. The zero-order chi connectivity index (χ0) is 19.8. The summed E-state index contributed by atoms with van der Waals surface area (Å²) in [7, 11) is 1.67. The molecule has 0 bridgehead atoms. The Kier molecular flexibility index (Phi) is 4.46. The molecule has 29 heavy (non-hydrogen) atoms. The second-order valence-corrected chi connectivity index (χ2v) is 7.54. The molecule has 2 aromatic carbocycles. The average Bonchev–Trinajstić information content (AvgIpc) is 2.94. The van der Waals surface area contributed by atoms with Gasteiger partial charge in [0.25, 0.3) is 5.56 Å². The number of benzene rings is 2. The van der Waals surface area contributed by atoms with Gasteiger partial charge in [-0.2, -0.15) is 0 Å². The number of para-hydroxylation sites is 1. The van der Waals surface area contributed by atoms with E-state index in [4.69, 9.17) is 9.73 Å². The highest BCUT2D eigenvalue weighted by Crippen LogP contribution is 2.32. The van der Waals surface area contributed by atoms with Crippen LogP contribution < -0.4 is 21.0 Å². The number of nitrogens with zero attached hydrogens (tertiary/aromatic N) is 3. The molecule has 6 heteroatoms. The molecule has 1 N–H and O–H groups in total. The summed E-state index contributed by atoms with van der Waals surface area (Å²) in [5.41, 5.74) is 3.69. The smallest absolute Gasteiger partial charge is 0.282 e. The predicted molar refractivity (Wildman–Crippen MR) is 111 cm³/mol. The van der Waals surface area contributed by atoms with Crippen LogP contribution in [0.1, 0.15) is 37.4 Å². The first kappa shape index (κ1) is 17.8. The van der Waals surface area contributed by atoms with Crippen molar-refractivity contribution < 1.29 is 4.74 Å². The zero-order valence-electron chi connectivity index (χ0n) is 16.5. The van der Waals surface area contributed by atoms with Gasteiger partial charge < -0.3 is 9.64 Å². The Labute approximate surface area is 168 Å². The largest absolute Gasteiger partial charge is 0.497 e. The van der Waals surface area contributed by atoms with Crippen molar-refractivity contribution in [1.82, 2.24) is 14.7 Å². The van der Waals surface area contributed by atoms with Crippen LogP contribution in [0.15, 0.2) is 64.4 Å². The molecule has 1 aromatic heterocycles. The maximum absolute atomic E-state index is 13.3. The molecule has 0 spiro atoms. The van der Waals surface area contributed by atoms with Crippen LogP contribution in [0.4, 0.5) is 0 Å². The normalized spacial score (nSPS) is 18.4. The van der Waals surface area contributed by atoms with Crippen molar-refractivity contribution in [3.8, 4) is 11.4 Å². The van der Waals surface area contributed by atoms with Crippen molar-refractivity contribution in [2.45, 2.75) is 31.8 Å². The van der Waals surface area contributed by atoms with Crippen molar-refractivity contribution in [1.29, 1.82) is 0 Å². The molecule has 6 nitrogen and oxygen atoms in total. The van der Waals surface area contributed by atoms with Gasteiger partial charge in [0.1, 0.15) is 17.1 Å². The first-order valence-electron chi connectivity index (χ1n) is 10.1. The topological polar surface area (TPSA) is 62.6 Å². The maximum Gasteiger partial charge on any atom is 0.282 e. The molecule has 1 atom stereocenters. The third-order valence-corrected chi connectivity index (χ3v) is 5.79. The lowest BCUT2D eigenvalue weighted by Gasteiger charge is -2.33. The molecule has 3 heterocycles. The fourth-order valence-corrected chi connectivity index (χ4v) is 4.33. The van der Waals surface area contributed by atoms with Crippen molar-refractivity contribution >= 4 is 5.70 Å². The van der Waals surface area contributed by atoms with E-state index in [2.05, 4.69) is 22.1 Å². The molecule has 148 valence electrons. The summed E-state index contributed by atoms with van der Waals surface area (Å²) >= 11 is 0. The highest BCUT2D eigenvalue weighted by molar-refractivity contribution is 5.46. The van der Waals surface area contributed by atoms with E-state index < -0.39 is 0 Å². The van der Waals surface area contributed by atoms with Crippen LogP contribution in [0.5, 0.6) is 5.75 Å². The second-order valence-electron chi connectivity index (χ2n) is 7.54. The molecule has 0 saturated carbocycles. The zero-order valence-corrected chi connectivity index (χ0v) is 16.5. The van der Waals surface area contributed by atoms with Crippen LogP contribution in [0.2, 0.25) is 0 Å². The number of nitrogens with one attached hydrogen (secondary N) is 1. The molecule has 3 aromatic rings. The van der Waals surface area contributed by atoms with Gasteiger partial charge in [-0.1, -0.05) is 36.8 Å². The van der Waals surface area contributed by atoms with Crippen molar-refractivity contribution in [2.75, 3.05) is 13.7 Å². The predicted octanol–water partition coefficient (Wildman–Crippen LogP) is 2.49. The quantitative estimate of drug-likeness (QED) is 0.750. The fraction of sp³-hybridized carbons (Fsp3) is 0.304. The number of H-pyrrole nitrogens is 1. The third-order valence-electron chi connectivity index (χ3n) is 5.79. The number of fused-ring (bicyclic) bond motifs is 2. The molecule has 1 saturated heterocycles. The van der Waals surface area contributed by atoms with Crippen molar-refractivity contribution in [2.24, 2.45) is 4.99 Å². The molecule has 0 radical (unpaired) electrons. The lowest BCUT2D eigenvalue weighted by molar-refractivity contribution is 0.289. The minimum Gasteiger partial charge on any atom is -0.497 e. The molecular weight excluding hydrogens is 364 g/mol. The first-order valence-corrected chi connectivity index (χ1v) is 10.1. The van der Waals surface area contributed by atoms with E-state index in [1.54, 1.807) is 11.8 Å². The third kappa shape index (κ3) is 3.05. The first-order chi connectivity index (χ1) is 14.3. The Morgan fingerprint density at radius 2 is 1.83 bits per heavy atom. The van der Waals surface area contributed by atoms with Gasteiger partial charge >= 0.3 is 0 Å². The Balaban J connectivity index is 1.72. The van der Waals surface area contributed by atoms with Crippen LogP contribution in [0, 0.1) is 0 Å². The monoisotopic (exact) mass is 388 g/mol. The Hall–Kier alpha value is -3.28. The lowest BCUT2D eigenvalue weighted by atomic mass is 10.1. The van der Waals surface area contributed by atoms with E-state index in [-0.39, 0.29) is 11.7 Å². The Morgan fingerprint density at radius 1 is 1.03 bits per heavy atom. The summed E-state index contributed by atoms with van der Waals surface area (Å²) in [5.74, 6) is 0.828. The molecule has 0 unspecified atom stereocenters. The van der Waals surface area contributed by atoms with Gasteiger partial charge in [-0.3, -0.25) is 9.89 Å². The van der Waals surface area contributed by atoms with Gasteiger partial charge in [0.2, 0.25) is 0 Å². The summed E-state index contributed by atoms with van der Waals surface area (Å²) in [4.78, 5) is 20.6. The van der Waals surface area contributed by atoms with Crippen LogP contribution in [0.25, 0.3) is 11.4 Å². The number of methoxy groups -OCH3 is 1. The molecule has 0 aliphatic carbocycles. The van der Waals surface area contributed by atoms with E-state index in [0.717, 1.165) is 53.7 Å². The summed E-state index contributed by atoms with van der Waals surface area (Å²) in [6, 6.07) is 17.7. The van der Waals surface area contributed by atoms with Gasteiger partial charge in [0.05, 0.1) is 12.8 Å². The van der Waals surface area contributed by atoms with Crippen LogP contribution >= 0.6 is 0 Å². The average molecular weight is 388 g/mol. The number of hydrogen-bond donors (Lipinski definition) is 1. The fourth-order valence-electron chi connectivity index (χ4n) is 4.33. The number of ether oxygens (including phenoxy) is 1. The number of hydrogen-bond acceptors (Lipinski definition) is 4. The van der Waals surface area contributed by atoms with E-state index in [0.29, 0.717) is 5.49 Å². The standard InChI is InChI=1S/C23H24N4O2/c1-29-18-13-11-16(12-14-18)22-24-21-20(19-10-6-3-7-15-26(19)22)23(28)27(25-21)17-8-4-2-5-9-17/h2,4-5,8-9,11-14,22H,3,6-7,10,15H2,1H3,(H,24,25)/t22-/m1/s1. The van der Waals surface area contributed by atoms with Crippen molar-refractivity contribution in [3.05, 3.63) is 81.2 Å². The van der Waals surface area contributed by atoms with Gasteiger partial charge in [0.15, 0.2) is 5.49 Å². The van der Waals surface area contributed by atoms with E-state index >= 15 is 0 Å². The highest BCUT2D eigenvalue weighted by atomic mass is 16.5. The highest BCUT2D eigenvalue weighted by Gasteiger charge is 2.29.